The molecule has 8 nitrogen and oxygen atoms in total. The Labute approximate surface area is 147 Å². The van der Waals surface area contributed by atoms with Crippen LogP contribution in [-0.2, 0) is 9.53 Å². The Bertz CT molecular complexity index is 650. The molecule has 2 saturated heterocycles. The molecule has 1 atom stereocenters. The molecule has 0 bridgehead atoms. The minimum absolute atomic E-state index is 0.0662. The molecule has 0 spiro atoms. The molecular weight excluding hydrogens is 324 g/mol. The zero-order valence-electron chi connectivity index (χ0n) is 14.6. The molecule has 8 heteroatoms. The summed E-state index contributed by atoms with van der Waals surface area (Å²) in [4.78, 5) is 34.3. The number of aliphatic carboxylic acids is 1. The number of carbonyl (C=O) groups is 2. The lowest BCUT2D eigenvalue weighted by atomic mass is 9.95. The summed E-state index contributed by atoms with van der Waals surface area (Å²) in [6.07, 6.45) is 3.75. The molecule has 25 heavy (non-hydrogen) atoms. The summed E-state index contributed by atoms with van der Waals surface area (Å²) >= 11 is 0. The Morgan fingerprint density at radius 3 is 2.56 bits per heavy atom. The minimum Gasteiger partial charge on any atom is -0.480 e. The van der Waals surface area contributed by atoms with Crippen LogP contribution >= 0.6 is 0 Å². The lowest BCUT2D eigenvalue weighted by Gasteiger charge is -2.42. The van der Waals surface area contributed by atoms with Gasteiger partial charge >= 0.3 is 5.97 Å². The monoisotopic (exact) mass is 348 g/mol. The van der Waals surface area contributed by atoms with Crippen molar-refractivity contribution < 1.29 is 19.4 Å². The fourth-order valence-electron chi connectivity index (χ4n) is 3.56. The van der Waals surface area contributed by atoms with Gasteiger partial charge in [0.25, 0.3) is 5.91 Å². The van der Waals surface area contributed by atoms with Crippen molar-refractivity contribution in [1.82, 2.24) is 14.8 Å². The molecule has 0 aliphatic carbocycles. The molecule has 1 N–H and O–H groups in total. The van der Waals surface area contributed by atoms with Gasteiger partial charge in [-0.15, -0.1) is 0 Å². The first-order valence-corrected chi connectivity index (χ1v) is 8.42. The summed E-state index contributed by atoms with van der Waals surface area (Å²) < 4.78 is 5.34. The maximum absolute atomic E-state index is 12.9. The quantitative estimate of drug-likeness (QED) is 0.829. The van der Waals surface area contributed by atoms with Crippen molar-refractivity contribution in [2.45, 2.75) is 12.0 Å². The van der Waals surface area contributed by atoms with Crippen LogP contribution in [0.1, 0.15) is 16.8 Å². The van der Waals surface area contributed by atoms with Crippen LogP contribution in [0.2, 0.25) is 0 Å². The lowest BCUT2D eigenvalue weighted by Crippen LogP contribution is -2.61. The van der Waals surface area contributed by atoms with Crippen molar-refractivity contribution in [3.05, 3.63) is 24.0 Å². The van der Waals surface area contributed by atoms with Gasteiger partial charge in [0.05, 0.1) is 17.9 Å². The van der Waals surface area contributed by atoms with Crippen molar-refractivity contribution >= 4 is 17.6 Å². The highest BCUT2D eigenvalue weighted by molar-refractivity contribution is 5.99. The van der Waals surface area contributed by atoms with E-state index in [0.29, 0.717) is 44.8 Å². The number of anilines is 1. The van der Waals surface area contributed by atoms with Crippen LogP contribution in [0, 0.1) is 0 Å². The SMILES string of the molecule is CN(C)c1ccncc1C(=O)N1CCN(C2(C(=O)O)CCOC2)CC1. The number of aromatic nitrogens is 1. The Morgan fingerprint density at radius 2 is 2.00 bits per heavy atom. The number of rotatable bonds is 4. The highest BCUT2D eigenvalue weighted by atomic mass is 16.5. The van der Waals surface area contributed by atoms with E-state index in [1.54, 1.807) is 17.3 Å². The van der Waals surface area contributed by atoms with Gasteiger partial charge < -0.3 is 19.6 Å². The predicted molar refractivity (Wildman–Crippen MR) is 91.8 cm³/mol. The molecule has 136 valence electrons. The Morgan fingerprint density at radius 1 is 1.28 bits per heavy atom. The van der Waals surface area contributed by atoms with Crippen LogP contribution in [0.5, 0.6) is 0 Å². The molecule has 0 aromatic carbocycles. The molecule has 2 aliphatic rings. The third kappa shape index (κ3) is 3.19. The minimum atomic E-state index is -0.946. The van der Waals surface area contributed by atoms with Crippen LogP contribution < -0.4 is 4.90 Å². The first-order chi connectivity index (χ1) is 12.0. The Kier molecular flexibility index (Phi) is 4.91. The number of ether oxygens (including phenoxy) is 1. The van der Waals surface area contributed by atoms with Crippen LogP contribution in [0.25, 0.3) is 0 Å². The van der Waals surface area contributed by atoms with E-state index in [1.165, 1.54) is 0 Å². The number of carboxylic acid groups (broad SMARTS) is 1. The van der Waals surface area contributed by atoms with Gasteiger partial charge in [0.2, 0.25) is 0 Å². The predicted octanol–water partition coefficient (Wildman–Crippen LogP) is 0.149. The van der Waals surface area contributed by atoms with E-state index >= 15 is 0 Å². The molecule has 1 aromatic heterocycles. The molecule has 3 rings (SSSR count). The number of pyridine rings is 1. The normalized spacial score (nSPS) is 24.3. The highest BCUT2D eigenvalue weighted by Crippen LogP contribution is 2.28. The number of amides is 1. The van der Waals surface area contributed by atoms with Gasteiger partial charge in [0.15, 0.2) is 0 Å². The van der Waals surface area contributed by atoms with Crippen LogP contribution in [0.15, 0.2) is 18.5 Å². The van der Waals surface area contributed by atoms with E-state index in [1.807, 2.05) is 30.0 Å². The number of hydrogen-bond acceptors (Lipinski definition) is 6. The second kappa shape index (κ2) is 6.97. The number of piperazine rings is 1. The van der Waals surface area contributed by atoms with E-state index in [4.69, 9.17) is 4.74 Å². The number of carboxylic acids is 1. The molecule has 3 heterocycles. The van der Waals surface area contributed by atoms with Gasteiger partial charge in [-0.1, -0.05) is 0 Å². The van der Waals surface area contributed by atoms with Crippen LogP contribution in [0.3, 0.4) is 0 Å². The lowest BCUT2D eigenvalue weighted by molar-refractivity contribution is -0.152. The first-order valence-electron chi connectivity index (χ1n) is 8.42. The van der Waals surface area contributed by atoms with Gasteiger partial charge in [-0.2, -0.15) is 0 Å². The largest absolute Gasteiger partial charge is 0.480 e. The third-order valence-electron chi connectivity index (χ3n) is 5.08. The van der Waals surface area contributed by atoms with Crippen LogP contribution in [-0.4, -0.2) is 90.8 Å². The van der Waals surface area contributed by atoms with Crippen molar-refractivity contribution in [3.63, 3.8) is 0 Å². The van der Waals surface area contributed by atoms with E-state index in [9.17, 15) is 14.7 Å². The maximum atomic E-state index is 12.9. The molecule has 0 radical (unpaired) electrons. The smallest absolute Gasteiger partial charge is 0.326 e. The molecule has 1 unspecified atom stereocenters. The summed E-state index contributed by atoms with van der Waals surface area (Å²) in [5.74, 6) is -0.907. The van der Waals surface area contributed by atoms with E-state index in [-0.39, 0.29) is 12.5 Å². The average Bonchev–Trinajstić information content (AvgIpc) is 3.12. The van der Waals surface area contributed by atoms with Crippen molar-refractivity contribution in [2.75, 3.05) is 58.4 Å². The zero-order valence-corrected chi connectivity index (χ0v) is 14.6. The summed E-state index contributed by atoms with van der Waals surface area (Å²) in [5.41, 5.74) is 0.449. The molecular formula is C17H24N4O4. The number of nitrogens with zero attached hydrogens (tertiary/aromatic N) is 4. The first kappa shape index (κ1) is 17.6. The third-order valence-corrected chi connectivity index (χ3v) is 5.08. The standard InChI is InChI=1S/C17H24N4O4/c1-19(2)14-3-5-18-11-13(14)15(22)20-6-8-21(9-7-20)17(16(23)24)4-10-25-12-17/h3,5,11H,4,6-10,12H2,1-2H3,(H,23,24). The summed E-state index contributed by atoms with van der Waals surface area (Å²) in [7, 11) is 3.78. The fourth-order valence-corrected chi connectivity index (χ4v) is 3.56. The van der Waals surface area contributed by atoms with Crippen molar-refractivity contribution in [2.24, 2.45) is 0 Å². The van der Waals surface area contributed by atoms with Gasteiger partial charge in [-0.25, -0.2) is 0 Å². The molecule has 1 amide bonds. The highest BCUT2D eigenvalue weighted by Gasteiger charge is 2.48. The molecule has 2 fully saturated rings. The van der Waals surface area contributed by atoms with Gasteiger partial charge in [0.1, 0.15) is 5.54 Å². The number of carbonyl (C=O) groups excluding carboxylic acids is 1. The van der Waals surface area contributed by atoms with Crippen LogP contribution in [0.4, 0.5) is 5.69 Å². The second-order valence-corrected chi connectivity index (χ2v) is 6.71. The van der Waals surface area contributed by atoms with Gasteiger partial charge in [-0.3, -0.25) is 19.5 Å². The van der Waals surface area contributed by atoms with E-state index < -0.39 is 11.5 Å². The number of hydrogen-bond donors (Lipinski definition) is 1. The van der Waals surface area contributed by atoms with E-state index in [2.05, 4.69) is 4.98 Å². The molecule has 1 aromatic rings. The molecule has 2 aliphatic heterocycles. The topological polar surface area (TPSA) is 86.2 Å². The van der Waals surface area contributed by atoms with Gasteiger partial charge in [0, 0.05) is 65.7 Å². The van der Waals surface area contributed by atoms with Crippen molar-refractivity contribution in [1.29, 1.82) is 0 Å². The Balaban J connectivity index is 1.70. The van der Waals surface area contributed by atoms with Crippen molar-refractivity contribution in [3.8, 4) is 0 Å². The summed E-state index contributed by atoms with van der Waals surface area (Å²) in [6.45, 7) is 2.72. The Hall–Kier alpha value is -2.19. The average molecular weight is 348 g/mol. The summed E-state index contributed by atoms with van der Waals surface area (Å²) in [6, 6.07) is 1.82. The molecule has 0 saturated carbocycles. The van der Waals surface area contributed by atoms with E-state index in [0.717, 1.165) is 5.69 Å². The zero-order chi connectivity index (χ0) is 18.0. The summed E-state index contributed by atoms with van der Waals surface area (Å²) in [5, 5.41) is 9.65. The van der Waals surface area contributed by atoms with Gasteiger partial charge in [-0.05, 0) is 6.07 Å². The maximum Gasteiger partial charge on any atom is 0.326 e. The fraction of sp³-hybridized carbons (Fsp3) is 0.588. The second-order valence-electron chi connectivity index (χ2n) is 6.71.